The minimum atomic E-state index is 1.04. The lowest BCUT2D eigenvalue weighted by atomic mass is 10.0. The third-order valence-corrected chi connectivity index (χ3v) is 2.32. The molecule has 0 spiro atoms. The average Bonchev–Trinajstić information content (AvgIpc) is 2.18. The highest BCUT2D eigenvalue weighted by Crippen LogP contribution is 2.23. The van der Waals surface area contributed by atoms with Crippen LogP contribution in [0, 0.1) is 0 Å². The van der Waals surface area contributed by atoms with Gasteiger partial charge in [0.1, 0.15) is 5.75 Å². The van der Waals surface area contributed by atoms with E-state index < -0.39 is 0 Å². The summed E-state index contributed by atoms with van der Waals surface area (Å²) in [6.45, 7) is 4.38. The molecule has 0 amide bonds. The molecule has 1 nitrogen and oxygen atoms in total. The zero-order valence-electron chi connectivity index (χ0n) is 8.76. The number of benzene rings is 1. The molecule has 0 aliphatic heterocycles. The van der Waals surface area contributed by atoms with Crippen LogP contribution in [0.1, 0.15) is 31.4 Å². The third kappa shape index (κ3) is 2.24. The van der Waals surface area contributed by atoms with E-state index in [4.69, 9.17) is 4.74 Å². The predicted molar refractivity (Wildman–Crippen MR) is 56.4 cm³/mol. The maximum atomic E-state index is 5.32. The van der Waals surface area contributed by atoms with Gasteiger partial charge in [0.2, 0.25) is 0 Å². The van der Waals surface area contributed by atoms with Gasteiger partial charge >= 0.3 is 0 Å². The highest BCUT2D eigenvalue weighted by molar-refractivity contribution is 5.40. The van der Waals surface area contributed by atoms with E-state index in [0.29, 0.717) is 0 Å². The van der Waals surface area contributed by atoms with E-state index in [1.807, 2.05) is 6.07 Å². The molecule has 0 bridgehead atoms. The molecule has 0 aliphatic rings. The molecule has 0 fully saturated rings. The molecule has 1 aromatic carbocycles. The third-order valence-electron chi connectivity index (χ3n) is 2.32. The van der Waals surface area contributed by atoms with Gasteiger partial charge in [-0.05, 0) is 30.0 Å². The van der Waals surface area contributed by atoms with Crippen molar-refractivity contribution >= 4 is 0 Å². The fraction of sp³-hybridized carbons (Fsp3) is 0.500. The van der Waals surface area contributed by atoms with E-state index in [9.17, 15) is 0 Å². The lowest BCUT2D eigenvalue weighted by molar-refractivity contribution is 0.409. The highest BCUT2D eigenvalue weighted by Gasteiger charge is 2.05. The van der Waals surface area contributed by atoms with Gasteiger partial charge in [0.15, 0.2) is 0 Å². The molecule has 0 saturated carbocycles. The molecule has 0 unspecified atom stereocenters. The molecular formula is C12H18O. The molecule has 1 heteroatoms. The first-order valence-corrected chi connectivity index (χ1v) is 4.98. The van der Waals surface area contributed by atoms with Crippen molar-refractivity contribution in [3.8, 4) is 5.75 Å². The lowest BCUT2D eigenvalue weighted by Crippen LogP contribution is -1.96. The summed E-state index contributed by atoms with van der Waals surface area (Å²) < 4.78 is 5.32. The Labute approximate surface area is 80.7 Å². The quantitative estimate of drug-likeness (QED) is 0.688. The van der Waals surface area contributed by atoms with E-state index >= 15 is 0 Å². The van der Waals surface area contributed by atoms with Crippen molar-refractivity contribution < 1.29 is 4.74 Å². The van der Waals surface area contributed by atoms with Crippen molar-refractivity contribution in [1.82, 2.24) is 0 Å². The molecule has 0 radical (unpaired) electrons. The van der Waals surface area contributed by atoms with Crippen molar-refractivity contribution in [3.05, 3.63) is 29.3 Å². The topological polar surface area (TPSA) is 9.23 Å². The van der Waals surface area contributed by atoms with Gasteiger partial charge in [0, 0.05) is 0 Å². The minimum absolute atomic E-state index is 1.04. The van der Waals surface area contributed by atoms with Crippen LogP contribution in [0.15, 0.2) is 18.2 Å². The summed E-state index contributed by atoms with van der Waals surface area (Å²) in [5, 5.41) is 0. The van der Waals surface area contributed by atoms with E-state index in [1.54, 1.807) is 7.11 Å². The summed E-state index contributed by atoms with van der Waals surface area (Å²) in [6, 6.07) is 6.31. The van der Waals surface area contributed by atoms with Crippen LogP contribution in [0.4, 0.5) is 0 Å². The molecule has 1 rings (SSSR count). The van der Waals surface area contributed by atoms with Gasteiger partial charge in [-0.2, -0.15) is 0 Å². The molecule has 0 aromatic heterocycles. The van der Waals surface area contributed by atoms with E-state index in [-0.39, 0.29) is 0 Å². The molecular weight excluding hydrogens is 160 g/mol. The number of hydrogen-bond acceptors (Lipinski definition) is 1. The first-order chi connectivity index (χ1) is 6.33. The van der Waals surface area contributed by atoms with Crippen molar-refractivity contribution in [2.75, 3.05) is 7.11 Å². The van der Waals surface area contributed by atoms with Crippen LogP contribution in [0.5, 0.6) is 5.75 Å². The number of methoxy groups -OCH3 is 1. The van der Waals surface area contributed by atoms with Crippen LogP contribution in [0.2, 0.25) is 0 Å². The van der Waals surface area contributed by atoms with Crippen molar-refractivity contribution in [3.63, 3.8) is 0 Å². The Bertz CT molecular complexity index is 266. The van der Waals surface area contributed by atoms with Crippen LogP contribution in [0.3, 0.4) is 0 Å². The van der Waals surface area contributed by atoms with Crippen molar-refractivity contribution in [2.24, 2.45) is 0 Å². The van der Waals surface area contributed by atoms with Crippen LogP contribution in [-0.4, -0.2) is 7.11 Å². The van der Waals surface area contributed by atoms with E-state index in [0.717, 1.165) is 18.6 Å². The largest absolute Gasteiger partial charge is 0.496 e. The summed E-state index contributed by atoms with van der Waals surface area (Å²) in [5.74, 6) is 1.04. The molecule has 0 heterocycles. The Balaban J connectivity index is 3.03. The zero-order valence-corrected chi connectivity index (χ0v) is 8.76. The monoisotopic (exact) mass is 178 g/mol. The van der Waals surface area contributed by atoms with Gasteiger partial charge in [0.25, 0.3) is 0 Å². The Kier molecular flexibility index (Phi) is 3.81. The van der Waals surface area contributed by atoms with Gasteiger partial charge in [-0.1, -0.05) is 32.4 Å². The molecule has 0 saturated heterocycles. The lowest BCUT2D eigenvalue weighted by Gasteiger charge is -2.11. The molecule has 0 aliphatic carbocycles. The van der Waals surface area contributed by atoms with Crippen LogP contribution < -0.4 is 4.74 Å². The maximum absolute atomic E-state index is 5.32. The summed E-state index contributed by atoms with van der Waals surface area (Å²) in [4.78, 5) is 0. The first kappa shape index (κ1) is 10.1. The molecule has 0 atom stereocenters. The predicted octanol–water partition coefficient (Wildman–Crippen LogP) is 3.21. The van der Waals surface area contributed by atoms with E-state index in [2.05, 4.69) is 26.0 Å². The zero-order chi connectivity index (χ0) is 9.68. The van der Waals surface area contributed by atoms with E-state index in [1.165, 1.54) is 17.5 Å². The molecule has 13 heavy (non-hydrogen) atoms. The molecule has 1 aromatic rings. The number of hydrogen-bond donors (Lipinski definition) is 0. The summed E-state index contributed by atoms with van der Waals surface area (Å²) in [5.41, 5.74) is 2.80. The Hall–Kier alpha value is -0.980. The smallest absolute Gasteiger partial charge is 0.122 e. The van der Waals surface area contributed by atoms with Crippen LogP contribution >= 0.6 is 0 Å². The van der Waals surface area contributed by atoms with Crippen molar-refractivity contribution in [1.29, 1.82) is 0 Å². The second-order valence-electron chi connectivity index (χ2n) is 3.20. The van der Waals surface area contributed by atoms with Crippen molar-refractivity contribution in [2.45, 2.75) is 33.1 Å². The SMILES string of the molecule is CCCc1cccc(OC)c1CC. The van der Waals surface area contributed by atoms with Gasteiger partial charge in [-0.25, -0.2) is 0 Å². The highest BCUT2D eigenvalue weighted by atomic mass is 16.5. The maximum Gasteiger partial charge on any atom is 0.122 e. The summed E-state index contributed by atoms with van der Waals surface area (Å²) >= 11 is 0. The standard InChI is InChI=1S/C12H18O/c1-4-7-10-8-6-9-12(13-3)11(10)5-2/h6,8-9H,4-5,7H2,1-3H3. The Morgan fingerprint density at radius 1 is 1.23 bits per heavy atom. The number of rotatable bonds is 4. The van der Waals surface area contributed by atoms with Crippen LogP contribution in [-0.2, 0) is 12.8 Å². The minimum Gasteiger partial charge on any atom is -0.496 e. The van der Waals surface area contributed by atoms with Gasteiger partial charge in [-0.15, -0.1) is 0 Å². The molecule has 72 valence electrons. The second kappa shape index (κ2) is 4.90. The van der Waals surface area contributed by atoms with Gasteiger partial charge < -0.3 is 4.74 Å². The fourth-order valence-electron chi connectivity index (χ4n) is 1.71. The van der Waals surface area contributed by atoms with Gasteiger partial charge in [-0.3, -0.25) is 0 Å². The fourth-order valence-corrected chi connectivity index (χ4v) is 1.71. The first-order valence-electron chi connectivity index (χ1n) is 4.98. The molecule has 0 N–H and O–H groups in total. The normalized spacial score (nSPS) is 10.1. The summed E-state index contributed by atoms with van der Waals surface area (Å²) in [6.07, 6.45) is 3.40. The average molecular weight is 178 g/mol. The van der Waals surface area contributed by atoms with Crippen LogP contribution in [0.25, 0.3) is 0 Å². The van der Waals surface area contributed by atoms with Gasteiger partial charge in [0.05, 0.1) is 7.11 Å². The number of aryl methyl sites for hydroxylation is 1. The Morgan fingerprint density at radius 3 is 2.54 bits per heavy atom. The Morgan fingerprint density at radius 2 is 2.00 bits per heavy atom. The second-order valence-corrected chi connectivity index (χ2v) is 3.20. The number of ether oxygens (including phenoxy) is 1. The summed E-state index contributed by atoms with van der Waals surface area (Å²) in [7, 11) is 1.74.